The van der Waals surface area contributed by atoms with Crippen molar-refractivity contribution >= 4 is 21.9 Å². The summed E-state index contributed by atoms with van der Waals surface area (Å²) in [4.78, 5) is 11.0. The molecule has 0 bridgehead atoms. The summed E-state index contributed by atoms with van der Waals surface area (Å²) >= 11 is 3.50. The molecule has 1 aromatic heterocycles. The van der Waals surface area contributed by atoms with Gasteiger partial charge in [0.05, 0.1) is 6.61 Å². The number of aromatic nitrogens is 2. The lowest BCUT2D eigenvalue weighted by molar-refractivity contribution is 0.326. The molecule has 0 radical (unpaired) electrons. The van der Waals surface area contributed by atoms with Crippen molar-refractivity contribution in [3.63, 3.8) is 0 Å². The highest BCUT2D eigenvalue weighted by molar-refractivity contribution is 9.09. The van der Waals surface area contributed by atoms with Gasteiger partial charge in [-0.05, 0) is 25.7 Å². The van der Waals surface area contributed by atoms with Crippen molar-refractivity contribution in [1.82, 2.24) is 9.97 Å². The lowest BCUT2D eigenvalue weighted by atomic mass is 10.1. The molecule has 1 aliphatic heterocycles. The molecule has 1 atom stereocenters. The van der Waals surface area contributed by atoms with Crippen LogP contribution in [0.5, 0.6) is 5.88 Å². The second-order valence-corrected chi connectivity index (χ2v) is 5.00. The highest BCUT2D eigenvalue weighted by Gasteiger charge is 2.23. The van der Waals surface area contributed by atoms with Crippen LogP contribution in [0.1, 0.15) is 19.8 Å². The predicted molar refractivity (Wildman–Crippen MR) is 71.9 cm³/mol. The quantitative estimate of drug-likeness (QED) is 0.783. The Bertz CT molecular complexity index is 361. The molecule has 1 aliphatic rings. The molecule has 17 heavy (non-hydrogen) atoms. The molecule has 5 heteroatoms. The van der Waals surface area contributed by atoms with E-state index in [0.717, 1.165) is 30.3 Å². The Morgan fingerprint density at radius 1 is 1.59 bits per heavy atom. The summed E-state index contributed by atoms with van der Waals surface area (Å²) in [5.41, 5.74) is 0. The molecule has 2 rings (SSSR count). The van der Waals surface area contributed by atoms with Crippen LogP contribution in [0.4, 0.5) is 5.95 Å². The van der Waals surface area contributed by atoms with Crippen LogP contribution in [-0.4, -0.2) is 35.0 Å². The van der Waals surface area contributed by atoms with Crippen LogP contribution < -0.4 is 9.64 Å². The normalized spacial score (nSPS) is 19.6. The molecule has 0 aliphatic carbocycles. The third kappa shape index (κ3) is 3.31. The minimum atomic E-state index is 0.642. The zero-order chi connectivity index (χ0) is 12.1. The van der Waals surface area contributed by atoms with Crippen LogP contribution in [-0.2, 0) is 0 Å². The van der Waals surface area contributed by atoms with E-state index in [9.17, 15) is 0 Å². The van der Waals surface area contributed by atoms with Crippen LogP contribution in [0.15, 0.2) is 12.3 Å². The molecule has 1 fully saturated rings. The summed E-state index contributed by atoms with van der Waals surface area (Å²) in [6, 6.07) is 1.80. The summed E-state index contributed by atoms with van der Waals surface area (Å²) in [6.45, 7) is 4.71. The first-order chi connectivity index (χ1) is 8.33. The van der Waals surface area contributed by atoms with E-state index in [4.69, 9.17) is 4.74 Å². The molecular formula is C12H18BrN3O. The summed E-state index contributed by atoms with van der Waals surface area (Å²) in [5.74, 6) is 2.23. The average Bonchev–Trinajstić information content (AvgIpc) is 2.79. The molecule has 1 saturated heterocycles. The Hall–Kier alpha value is -0.840. The summed E-state index contributed by atoms with van der Waals surface area (Å²) in [6.07, 6.45) is 4.22. The summed E-state index contributed by atoms with van der Waals surface area (Å²) in [5, 5.41) is 1.07. The average molecular weight is 300 g/mol. The third-order valence-electron chi connectivity index (χ3n) is 3.00. The molecule has 0 aromatic carbocycles. The minimum absolute atomic E-state index is 0.642. The van der Waals surface area contributed by atoms with Crippen molar-refractivity contribution < 1.29 is 4.74 Å². The van der Waals surface area contributed by atoms with Crippen molar-refractivity contribution in [2.45, 2.75) is 19.8 Å². The number of alkyl halides is 1. The van der Waals surface area contributed by atoms with Gasteiger partial charge in [-0.2, -0.15) is 4.98 Å². The number of anilines is 1. The molecule has 1 unspecified atom stereocenters. The molecule has 0 amide bonds. The lowest BCUT2D eigenvalue weighted by Gasteiger charge is -2.16. The number of ether oxygens (including phenoxy) is 1. The Morgan fingerprint density at radius 3 is 3.24 bits per heavy atom. The van der Waals surface area contributed by atoms with Crippen molar-refractivity contribution in [3.8, 4) is 5.88 Å². The summed E-state index contributed by atoms with van der Waals surface area (Å²) in [7, 11) is 0. The highest BCUT2D eigenvalue weighted by atomic mass is 79.9. The van der Waals surface area contributed by atoms with E-state index in [0.29, 0.717) is 12.5 Å². The minimum Gasteiger partial charge on any atom is -0.478 e. The van der Waals surface area contributed by atoms with E-state index >= 15 is 0 Å². The molecule has 0 spiro atoms. The van der Waals surface area contributed by atoms with Crippen molar-refractivity contribution in [2.24, 2.45) is 5.92 Å². The molecule has 94 valence electrons. The largest absolute Gasteiger partial charge is 0.478 e. The van der Waals surface area contributed by atoms with Gasteiger partial charge in [0.1, 0.15) is 0 Å². The number of hydrogen-bond donors (Lipinski definition) is 0. The van der Waals surface area contributed by atoms with Crippen molar-refractivity contribution in [1.29, 1.82) is 0 Å². The maximum absolute atomic E-state index is 5.40. The Balaban J connectivity index is 2.00. The molecule has 1 aromatic rings. The number of halogens is 1. The van der Waals surface area contributed by atoms with E-state index in [1.165, 1.54) is 12.8 Å². The molecule has 0 N–H and O–H groups in total. The van der Waals surface area contributed by atoms with E-state index in [2.05, 4.69) is 30.8 Å². The van der Waals surface area contributed by atoms with Gasteiger partial charge < -0.3 is 9.64 Å². The lowest BCUT2D eigenvalue weighted by Crippen LogP contribution is -2.22. The Labute approximate surface area is 111 Å². The molecule has 4 nitrogen and oxygen atoms in total. The van der Waals surface area contributed by atoms with Crippen LogP contribution >= 0.6 is 15.9 Å². The maximum Gasteiger partial charge on any atom is 0.228 e. The zero-order valence-corrected chi connectivity index (χ0v) is 11.7. The molecular weight excluding hydrogens is 282 g/mol. The second kappa shape index (κ2) is 6.19. The van der Waals surface area contributed by atoms with Gasteiger partial charge >= 0.3 is 0 Å². The standard InChI is InChI=1S/C12H18BrN3O/c1-2-17-11-4-7-14-12(15-11)16-8-5-10(9-16)3-6-13/h4,7,10H,2-3,5-6,8-9H2,1H3. The van der Waals surface area contributed by atoms with Gasteiger partial charge in [-0.15, -0.1) is 0 Å². The van der Waals surface area contributed by atoms with Crippen molar-refractivity contribution in [2.75, 3.05) is 29.9 Å². The van der Waals surface area contributed by atoms with Crippen LogP contribution in [0, 0.1) is 5.92 Å². The van der Waals surface area contributed by atoms with Crippen LogP contribution in [0.2, 0.25) is 0 Å². The van der Waals surface area contributed by atoms with Crippen LogP contribution in [0.25, 0.3) is 0 Å². The maximum atomic E-state index is 5.40. The fourth-order valence-electron chi connectivity index (χ4n) is 2.12. The number of rotatable bonds is 5. The highest BCUT2D eigenvalue weighted by Crippen LogP contribution is 2.24. The molecule has 0 saturated carbocycles. The van der Waals surface area contributed by atoms with Gasteiger partial charge in [0, 0.05) is 30.7 Å². The smallest absolute Gasteiger partial charge is 0.228 e. The summed E-state index contributed by atoms with van der Waals surface area (Å²) < 4.78 is 5.40. The molecule has 2 heterocycles. The predicted octanol–water partition coefficient (Wildman–Crippen LogP) is 2.49. The van der Waals surface area contributed by atoms with Gasteiger partial charge in [-0.25, -0.2) is 4.98 Å². The topological polar surface area (TPSA) is 38.2 Å². The van der Waals surface area contributed by atoms with Gasteiger partial charge in [0.15, 0.2) is 0 Å². The van der Waals surface area contributed by atoms with Gasteiger partial charge in [0.25, 0.3) is 0 Å². The van der Waals surface area contributed by atoms with E-state index in [1.54, 1.807) is 12.3 Å². The zero-order valence-electron chi connectivity index (χ0n) is 10.1. The SMILES string of the molecule is CCOc1ccnc(N2CCC(CCBr)C2)n1. The van der Waals surface area contributed by atoms with E-state index in [1.807, 2.05) is 6.92 Å². The fraction of sp³-hybridized carbons (Fsp3) is 0.667. The number of nitrogens with zero attached hydrogens (tertiary/aromatic N) is 3. The van der Waals surface area contributed by atoms with Crippen LogP contribution in [0.3, 0.4) is 0 Å². The first kappa shape index (κ1) is 12.6. The van der Waals surface area contributed by atoms with Crippen molar-refractivity contribution in [3.05, 3.63) is 12.3 Å². The van der Waals surface area contributed by atoms with Gasteiger partial charge in [-0.3, -0.25) is 0 Å². The van der Waals surface area contributed by atoms with Gasteiger partial charge in [0.2, 0.25) is 11.8 Å². The second-order valence-electron chi connectivity index (χ2n) is 4.21. The number of hydrogen-bond acceptors (Lipinski definition) is 4. The van der Waals surface area contributed by atoms with Gasteiger partial charge in [-0.1, -0.05) is 15.9 Å². The van der Waals surface area contributed by atoms with E-state index in [-0.39, 0.29) is 0 Å². The Kier molecular flexibility index (Phi) is 4.59. The Morgan fingerprint density at radius 2 is 2.47 bits per heavy atom. The monoisotopic (exact) mass is 299 g/mol. The fourth-order valence-corrected chi connectivity index (χ4v) is 2.76. The van der Waals surface area contributed by atoms with E-state index < -0.39 is 0 Å². The third-order valence-corrected chi connectivity index (χ3v) is 3.45. The first-order valence-electron chi connectivity index (χ1n) is 6.10. The first-order valence-corrected chi connectivity index (χ1v) is 7.22.